The number of rotatable bonds is 1. The SMILES string of the molecule is CC(C)(C)Nc1ccncc1. The molecule has 0 unspecified atom stereocenters. The third-order valence-corrected chi connectivity index (χ3v) is 1.20. The zero-order chi connectivity index (χ0) is 8.32. The van der Waals surface area contributed by atoms with Gasteiger partial charge in [-0.25, -0.2) is 0 Å². The topological polar surface area (TPSA) is 24.9 Å². The number of hydrogen-bond acceptors (Lipinski definition) is 2. The van der Waals surface area contributed by atoms with Crippen LogP contribution in [0.15, 0.2) is 24.5 Å². The summed E-state index contributed by atoms with van der Waals surface area (Å²) in [4.78, 5) is 3.94. The van der Waals surface area contributed by atoms with Gasteiger partial charge >= 0.3 is 0 Å². The molecule has 2 nitrogen and oxygen atoms in total. The molecule has 60 valence electrons. The van der Waals surface area contributed by atoms with Crippen LogP contribution >= 0.6 is 0 Å². The van der Waals surface area contributed by atoms with Crippen LogP contribution in [0.4, 0.5) is 5.69 Å². The second kappa shape index (κ2) is 2.91. The van der Waals surface area contributed by atoms with E-state index < -0.39 is 0 Å². The summed E-state index contributed by atoms with van der Waals surface area (Å²) in [6.07, 6.45) is 3.57. The van der Waals surface area contributed by atoms with Crippen LogP contribution in [0.5, 0.6) is 0 Å². The molecule has 0 saturated carbocycles. The third kappa shape index (κ3) is 3.03. The minimum absolute atomic E-state index is 0.126. The molecule has 1 N–H and O–H groups in total. The van der Waals surface area contributed by atoms with Crippen LogP contribution in [0.25, 0.3) is 0 Å². The maximum absolute atomic E-state index is 3.94. The first-order valence-electron chi connectivity index (χ1n) is 3.76. The van der Waals surface area contributed by atoms with E-state index in [-0.39, 0.29) is 5.54 Å². The minimum atomic E-state index is 0.126. The molecule has 2 heteroatoms. The van der Waals surface area contributed by atoms with E-state index in [2.05, 4.69) is 31.1 Å². The van der Waals surface area contributed by atoms with Crippen molar-refractivity contribution in [3.8, 4) is 0 Å². The van der Waals surface area contributed by atoms with Crippen molar-refractivity contribution in [3.05, 3.63) is 24.5 Å². The van der Waals surface area contributed by atoms with Crippen molar-refractivity contribution in [3.63, 3.8) is 0 Å². The first-order chi connectivity index (χ1) is 5.08. The van der Waals surface area contributed by atoms with Gasteiger partial charge in [-0.15, -0.1) is 0 Å². The molecular weight excluding hydrogens is 136 g/mol. The van der Waals surface area contributed by atoms with Gasteiger partial charge in [0, 0.05) is 23.6 Å². The van der Waals surface area contributed by atoms with Crippen molar-refractivity contribution in [2.45, 2.75) is 26.3 Å². The lowest BCUT2D eigenvalue weighted by Crippen LogP contribution is -2.25. The molecule has 0 atom stereocenters. The van der Waals surface area contributed by atoms with Gasteiger partial charge in [-0.05, 0) is 32.9 Å². The molecule has 0 aliphatic carbocycles. The summed E-state index contributed by atoms with van der Waals surface area (Å²) in [5.74, 6) is 0. The Bertz CT molecular complexity index is 211. The van der Waals surface area contributed by atoms with Crippen LogP contribution in [-0.2, 0) is 0 Å². The Hall–Kier alpha value is -1.05. The smallest absolute Gasteiger partial charge is 0.0375 e. The molecule has 1 aromatic heterocycles. The van der Waals surface area contributed by atoms with Crippen molar-refractivity contribution in [1.29, 1.82) is 0 Å². The lowest BCUT2D eigenvalue weighted by Gasteiger charge is -2.21. The molecule has 1 heterocycles. The average molecular weight is 150 g/mol. The van der Waals surface area contributed by atoms with Gasteiger partial charge < -0.3 is 5.32 Å². The van der Waals surface area contributed by atoms with E-state index in [1.165, 1.54) is 0 Å². The van der Waals surface area contributed by atoms with Crippen molar-refractivity contribution in [2.75, 3.05) is 5.32 Å². The highest BCUT2D eigenvalue weighted by atomic mass is 14.9. The van der Waals surface area contributed by atoms with Gasteiger partial charge in [0.15, 0.2) is 0 Å². The number of nitrogens with one attached hydrogen (secondary N) is 1. The fourth-order valence-electron chi connectivity index (χ4n) is 0.868. The van der Waals surface area contributed by atoms with Crippen LogP contribution in [0.3, 0.4) is 0 Å². The zero-order valence-electron chi connectivity index (χ0n) is 7.26. The number of nitrogens with zero attached hydrogens (tertiary/aromatic N) is 1. The number of pyridine rings is 1. The fraction of sp³-hybridized carbons (Fsp3) is 0.444. The molecule has 0 radical (unpaired) electrons. The maximum atomic E-state index is 3.94. The van der Waals surface area contributed by atoms with Gasteiger partial charge in [-0.2, -0.15) is 0 Å². The van der Waals surface area contributed by atoms with E-state index in [0.29, 0.717) is 0 Å². The standard InChI is InChI=1S/C9H14N2/c1-9(2,3)11-8-4-6-10-7-5-8/h4-7H,1-3H3,(H,10,11). The Kier molecular flexibility index (Phi) is 2.13. The van der Waals surface area contributed by atoms with Crippen molar-refractivity contribution in [1.82, 2.24) is 4.98 Å². The number of aromatic nitrogens is 1. The Morgan fingerprint density at radius 1 is 1.18 bits per heavy atom. The highest BCUT2D eigenvalue weighted by Crippen LogP contribution is 2.11. The summed E-state index contributed by atoms with van der Waals surface area (Å²) in [6, 6.07) is 3.93. The Morgan fingerprint density at radius 3 is 2.18 bits per heavy atom. The molecule has 11 heavy (non-hydrogen) atoms. The normalized spacial score (nSPS) is 11.2. The van der Waals surface area contributed by atoms with Gasteiger partial charge in [-0.1, -0.05) is 0 Å². The van der Waals surface area contributed by atoms with Gasteiger partial charge in [0.05, 0.1) is 0 Å². The molecular formula is C9H14N2. The lowest BCUT2D eigenvalue weighted by molar-refractivity contribution is 0.634. The van der Waals surface area contributed by atoms with Gasteiger partial charge in [0.2, 0.25) is 0 Å². The minimum Gasteiger partial charge on any atom is -0.380 e. The molecule has 0 bridgehead atoms. The van der Waals surface area contributed by atoms with Gasteiger partial charge in [-0.3, -0.25) is 4.98 Å². The second-order valence-electron chi connectivity index (χ2n) is 3.61. The van der Waals surface area contributed by atoms with Crippen molar-refractivity contribution < 1.29 is 0 Å². The maximum Gasteiger partial charge on any atom is 0.0375 e. The predicted octanol–water partition coefficient (Wildman–Crippen LogP) is 2.29. The van der Waals surface area contributed by atoms with Gasteiger partial charge in [0.25, 0.3) is 0 Å². The highest BCUT2D eigenvalue weighted by molar-refractivity contribution is 5.42. The molecule has 0 spiro atoms. The molecule has 0 aliphatic rings. The monoisotopic (exact) mass is 150 g/mol. The zero-order valence-corrected chi connectivity index (χ0v) is 7.26. The van der Waals surface area contributed by atoms with Crippen LogP contribution in [0.2, 0.25) is 0 Å². The van der Waals surface area contributed by atoms with E-state index in [4.69, 9.17) is 0 Å². The van der Waals surface area contributed by atoms with E-state index in [1.807, 2.05) is 12.1 Å². The summed E-state index contributed by atoms with van der Waals surface area (Å²) in [7, 11) is 0. The van der Waals surface area contributed by atoms with Crippen LogP contribution < -0.4 is 5.32 Å². The molecule has 1 aromatic rings. The number of hydrogen-bond donors (Lipinski definition) is 1. The molecule has 0 saturated heterocycles. The summed E-state index contributed by atoms with van der Waals surface area (Å²) in [5.41, 5.74) is 1.24. The third-order valence-electron chi connectivity index (χ3n) is 1.20. The Balaban J connectivity index is 2.66. The predicted molar refractivity (Wildman–Crippen MR) is 47.6 cm³/mol. The summed E-state index contributed by atoms with van der Waals surface area (Å²) < 4.78 is 0. The summed E-state index contributed by atoms with van der Waals surface area (Å²) >= 11 is 0. The van der Waals surface area contributed by atoms with Crippen LogP contribution in [0.1, 0.15) is 20.8 Å². The van der Waals surface area contributed by atoms with Gasteiger partial charge in [0.1, 0.15) is 0 Å². The highest BCUT2D eigenvalue weighted by Gasteiger charge is 2.07. The van der Waals surface area contributed by atoms with Crippen LogP contribution in [-0.4, -0.2) is 10.5 Å². The first-order valence-corrected chi connectivity index (χ1v) is 3.76. The molecule has 0 amide bonds. The second-order valence-corrected chi connectivity index (χ2v) is 3.61. The van der Waals surface area contributed by atoms with Crippen molar-refractivity contribution >= 4 is 5.69 Å². The van der Waals surface area contributed by atoms with E-state index >= 15 is 0 Å². The first kappa shape index (κ1) is 8.05. The van der Waals surface area contributed by atoms with E-state index in [0.717, 1.165) is 5.69 Å². The fourth-order valence-corrected chi connectivity index (χ4v) is 0.868. The molecule has 0 fully saturated rings. The quantitative estimate of drug-likeness (QED) is 0.664. The number of anilines is 1. The van der Waals surface area contributed by atoms with E-state index in [9.17, 15) is 0 Å². The Morgan fingerprint density at radius 2 is 1.73 bits per heavy atom. The van der Waals surface area contributed by atoms with Crippen molar-refractivity contribution in [2.24, 2.45) is 0 Å². The average Bonchev–Trinajstić information content (AvgIpc) is 1.85. The molecule has 0 aromatic carbocycles. The largest absolute Gasteiger partial charge is 0.380 e. The lowest BCUT2D eigenvalue weighted by atomic mass is 10.1. The Labute approximate surface area is 67.7 Å². The van der Waals surface area contributed by atoms with Crippen LogP contribution in [0, 0.1) is 0 Å². The summed E-state index contributed by atoms with van der Waals surface area (Å²) in [6.45, 7) is 6.40. The van der Waals surface area contributed by atoms with E-state index in [1.54, 1.807) is 12.4 Å². The molecule has 1 rings (SSSR count). The summed E-state index contributed by atoms with van der Waals surface area (Å²) in [5, 5.41) is 3.34. The molecule has 0 aliphatic heterocycles.